The molecule has 0 aliphatic heterocycles. The summed E-state index contributed by atoms with van der Waals surface area (Å²) in [6.07, 6.45) is 2.21. The topological polar surface area (TPSA) is 21.3 Å². The van der Waals surface area contributed by atoms with Crippen molar-refractivity contribution in [1.82, 2.24) is 5.32 Å². The van der Waals surface area contributed by atoms with Gasteiger partial charge in [-0.3, -0.25) is 0 Å². The van der Waals surface area contributed by atoms with Crippen molar-refractivity contribution in [2.75, 3.05) is 13.7 Å². The second kappa shape index (κ2) is 5.07. The summed E-state index contributed by atoms with van der Waals surface area (Å²) in [4.78, 5) is 0. The lowest BCUT2D eigenvalue weighted by molar-refractivity contribution is 0.314. The maximum Gasteiger partial charge on any atom is 0.122 e. The molecule has 1 aliphatic rings. The summed E-state index contributed by atoms with van der Waals surface area (Å²) < 4.78 is 5.75. The molecule has 3 heteroatoms. The Morgan fingerprint density at radius 1 is 1.50 bits per heavy atom. The predicted molar refractivity (Wildman–Crippen MR) is 67.4 cm³/mol. The monoisotopic (exact) mass is 239 g/mol. The van der Waals surface area contributed by atoms with E-state index in [1.807, 2.05) is 25.2 Å². The van der Waals surface area contributed by atoms with Crippen LogP contribution in [0.2, 0.25) is 5.02 Å². The molecule has 16 heavy (non-hydrogen) atoms. The van der Waals surface area contributed by atoms with Crippen LogP contribution in [-0.4, -0.2) is 19.7 Å². The van der Waals surface area contributed by atoms with Crippen LogP contribution >= 0.6 is 11.6 Å². The molecule has 1 aromatic rings. The van der Waals surface area contributed by atoms with Gasteiger partial charge in [0.25, 0.3) is 0 Å². The lowest BCUT2D eigenvalue weighted by Gasteiger charge is -2.11. The molecule has 2 unspecified atom stereocenters. The summed E-state index contributed by atoms with van der Waals surface area (Å²) in [5.41, 5.74) is 1.25. The first-order chi connectivity index (χ1) is 7.76. The highest BCUT2D eigenvalue weighted by Crippen LogP contribution is 2.45. The van der Waals surface area contributed by atoms with Crippen LogP contribution in [0.25, 0.3) is 0 Å². The fourth-order valence-corrected chi connectivity index (χ4v) is 2.19. The molecule has 1 N–H and O–H groups in total. The van der Waals surface area contributed by atoms with Crippen molar-refractivity contribution >= 4 is 11.6 Å². The summed E-state index contributed by atoms with van der Waals surface area (Å²) in [5, 5.41) is 4.08. The zero-order valence-corrected chi connectivity index (χ0v) is 10.6. The van der Waals surface area contributed by atoms with E-state index < -0.39 is 0 Å². The van der Waals surface area contributed by atoms with Crippen molar-refractivity contribution in [3.05, 3.63) is 28.8 Å². The molecule has 2 atom stereocenters. The van der Waals surface area contributed by atoms with Crippen LogP contribution in [0.1, 0.15) is 31.2 Å². The van der Waals surface area contributed by atoms with E-state index in [2.05, 4.69) is 12.2 Å². The Bertz CT molecular complexity index is 367. The van der Waals surface area contributed by atoms with Crippen LogP contribution in [0.5, 0.6) is 5.75 Å². The molecule has 0 radical (unpaired) electrons. The summed E-state index contributed by atoms with van der Waals surface area (Å²) in [6.45, 7) is 2.88. The molecule has 1 fully saturated rings. The van der Waals surface area contributed by atoms with Crippen LogP contribution < -0.4 is 10.1 Å². The number of rotatable bonds is 5. The van der Waals surface area contributed by atoms with Crippen molar-refractivity contribution < 1.29 is 4.74 Å². The fraction of sp³-hybridized carbons (Fsp3) is 0.538. The third-order valence-electron chi connectivity index (χ3n) is 2.99. The molecular weight excluding hydrogens is 222 g/mol. The third-order valence-corrected chi connectivity index (χ3v) is 3.23. The van der Waals surface area contributed by atoms with E-state index in [4.69, 9.17) is 16.3 Å². The Hall–Kier alpha value is -0.730. The highest BCUT2D eigenvalue weighted by Gasteiger charge is 2.38. The minimum Gasteiger partial charge on any atom is -0.493 e. The van der Waals surface area contributed by atoms with Crippen molar-refractivity contribution in [3.63, 3.8) is 0 Å². The Labute approximate surface area is 102 Å². The number of nitrogens with one attached hydrogen (secondary N) is 1. The molecule has 0 spiro atoms. The minimum atomic E-state index is 0.565. The molecule has 0 heterocycles. The van der Waals surface area contributed by atoms with Gasteiger partial charge in [-0.15, -0.1) is 0 Å². The van der Waals surface area contributed by atoms with E-state index >= 15 is 0 Å². The molecule has 88 valence electrons. The van der Waals surface area contributed by atoms with Gasteiger partial charge in [0, 0.05) is 22.5 Å². The van der Waals surface area contributed by atoms with Crippen LogP contribution in [0.3, 0.4) is 0 Å². The average molecular weight is 240 g/mol. The van der Waals surface area contributed by atoms with Gasteiger partial charge in [0.05, 0.1) is 6.61 Å². The average Bonchev–Trinajstić information content (AvgIpc) is 3.06. The zero-order chi connectivity index (χ0) is 11.5. The highest BCUT2D eigenvalue weighted by molar-refractivity contribution is 6.30. The summed E-state index contributed by atoms with van der Waals surface area (Å²) in [6, 6.07) is 6.50. The smallest absolute Gasteiger partial charge is 0.122 e. The molecule has 0 bridgehead atoms. The van der Waals surface area contributed by atoms with Crippen molar-refractivity contribution in [2.45, 2.75) is 31.7 Å². The van der Waals surface area contributed by atoms with Gasteiger partial charge in [0.1, 0.15) is 5.75 Å². The van der Waals surface area contributed by atoms with E-state index in [1.165, 1.54) is 12.0 Å². The van der Waals surface area contributed by atoms with E-state index in [0.717, 1.165) is 23.8 Å². The lowest BCUT2D eigenvalue weighted by Crippen LogP contribution is -2.10. The summed E-state index contributed by atoms with van der Waals surface area (Å²) in [7, 11) is 2.00. The van der Waals surface area contributed by atoms with Gasteiger partial charge >= 0.3 is 0 Å². The number of hydrogen-bond donors (Lipinski definition) is 1. The number of likely N-dealkylation sites (N-methyl/N-ethyl adjacent to an activating group) is 1. The SMILES string of the molecule is CCCOc1ccc(Cl)cc1C1CC1NC. The van der Waals surface area contributed by atoms with E-state index in [1.54, 1.807) is 0 Å². The van der Waals surface area contributed by atoms with Crippen molar-refractivity contribution in [1.29, 1.82) is 0 Å². The molecular formula is C13H18ClNO. The van der Waals surface area contributed by atoms with Gasteiger partial charge in [0.2, 0.25) is 0 Å². The molecule has 0 saturated heterocycles. The molecule has 1 aromatic carbocycles. The van der Waals surface area contributed by atoms with Gasteiger partial charge in [-0.2, -0.15) is 0 Å². The van der Waals surface area contributed by atoms with Crippen LogP contribution in [0.15, 0.2) is 18.2 Å². The molecule has 1 aliphatic carbocycles. The van der Waals surface area contributed by atoms with E-state index in [9.17, 15) is 0 Å². The van der Waals surface area contributed by atoms with Crippen LogP contribution in [-0.2, 0) is 0 Å². The fourth-order valence-electron chi connectivity index (χ4n) is 2.01. The Morgan fingerprint density at radius 3 is 2.94 bits per heavy atom. The van der Waals surface area contributed by atoms with Crippen LogP contribution in [0, 0.1) is 0 Å². The maximum atomic E-state index is 6.04. The van der Waals surface area contributed by atoms with Crippen LogP contribution in [0.4, 0.5) is 0 Å². The highest BCUT2D eigenvalue weighted by atomic mass is 35.5. The number of hydrogen-bond acceptors (Lipinski definition) is 2. The predicted octanol–water partition coefficient (Wildman–Crippen LogP) is 3.20. The third kappa shape index (κ3) is 2.50. The second-order valence-corrected chi connectivity index (χ2v) is 4.70. The van der Waals surface area contributed by atoms with Gasteiger partial charge in [-0.25, -0.2) is 0 Å². The normalized spacial score (nSPS) is 23.2. The first-order valence-electron chi connectivity index (χ1n) is 5.85. The van der Waals surface area contributed by atoms with Gasteiger partial charge < -0.3 is 10.1 Å². The van der Waals surface area contributed by atoms with E-state index in [-0.39, 0.29) is 0 Å². The molecule has 2 rings (SSSR count). The quantitative estimate of drug-likeness (QED) is 0.852. The molecule has 0 aromatic heterocycles. The molecule has 0 amide bonds. The first-order valence-corrected chi connectivity index (χ1v) is 6.23. The van der Waals surface area contributed by atoms with Gasteiger partial charge in [-0.1, -0.05) is 18.5 Å². The second-order valence-electron chi connectivity index (χ2n) is 4.27. The minimum absolute atomic E-state index is 0.565. The Balaban J connectivity index is 2.16. The number of benzene rings is 1. The largest absolute Gasteiger partial charge is 0.493 e. The summed E-state index contributed by atoms with van der Waals surface area (Å²) in [5.74, 6) is 1.56. The zero-order valence-electron chi connectivity index (χ0n) is 9.79. The maximum absolute atomic E-state index is 6.04. The standard InChI is InChI=1S/C13H18ClNO/c1-3-6-16-13-5-4-9(14)7-11(13)10-8-12(10)15-2/h4-5,7,10,12,15H,3,6,8H2,1-2H3. The van der Waals surface area contributed by atoms with Gasteiger partial charge in [-0.05, 0) is 38.1 Å². The van der Waals surface area contributed by atoms with Gasteiger partial charge in [0.15, 0.2) is 0 Å². The van der Waals surface area contributed by atoms with Crippen molar-refractivity contribution in [3.8, 4) is 5.75 Å². The molecule has 1 saturated carbocycles. The van der Waals surface area contributed by atoms with Crippen molar-refractivity contribution in [2.24, 2.45) is 0 Å². The number of halogens is 1. The Morgan fingerprint density at radius 2 is 2.31 bits per heavy atom. The summed E-state index contributed by atoms with van der Waals surface area (Å²) >= 11 is 6.04. The van der Waals surface area contributed by atoms with E-state index in [0.29, 0.717) is 12.0 Å². The first kappa shape index (κ1) is 11.7. The Kier molecular flexibility index (Phi) is 3.72. The number of ether oxygens (including phenoxy) is 1. The lowest BCUT2D eigenvalue weighted by atomic mass is 10.1. The molecule has 2 nitrogen and oxygen atoms in total.